The van der Waals surface area contributed by atoms with Crippen LogP contribution in [0.25, 0.3) is 0 Å². The normalized spacial score (nSPS) is 11.8. The molecule has 1 rings (SSSR count). The van der Waals surface area contributed by atoms with Gasteiger partial charge in [-0.25, -0.2) is 8.42 Å². The van der Waals surface area contributed by atoms with E-state index in [0.717, 1.165) is 11.3 Å². The van der Waals surface area contributed by atoms with Crippen LogP contribution in [0.2, 0.25) is 0 Å². The molecule has 96 valence electrons. The zero-order chi connectivity index (χ0) is 13.1. The van der Waals surface area contributed by atoms with Gasteiger partial charge < -0.3 is 4.74 Å². The third-order valence-electron chi connectivity index (χ3n) is 2.27. The largest absolute Gasteiger partial charge is 0.493 e. The molecule has 0 unspecified atom stereocenters. The van der Waals surface area contributed by atoms with Gasteiger partial charge in [-0.15, -0.1) is 0 Å². The SMILES string of the molecule is CCc1cc(S(=O)(=O)Cl)ccc1OCC(C)C. The van der Waals surface area contributed by atoms with Crippen LogP contribution in [0.4, 0.5) is 0 Å². The number of hydrogen-bond acceptors (Lipinski definition) is 3. The van der Waals surface area contributed by atoms with E-state index in [2.05, 4.69) is 13.8 Å². The molecule has 5 heteroatoms. The molecule has 0 spiro atoms. The zero-order valence-corrected chi connectivity index (χ0v) is 11.8. The summed E-state index contributed by atoms with van der Waals surface area (Å²) in [6, 6.07) is 4.70. The van der Waals surface area contributed by atoms with Crippen molar-refractivity contribution in [1.82, 2.24) is 0 Å². The van der Waals surface area contributed by atoms with Gasteiger partial charge in [0.15, 0.2) is 0 Å². The van der Waals surface area contributed by atoms with Gasteiger partial charge in [-0.1, -0.05) is 20.8 Å². The Morgan fingerprint density at radius 2 is 2.00 bits per heavy atom. The van der Waals surface area contributed by atoms with Crippen LogP contribution in [0.1, 0.15) is 26.3 Å². The lowest BCUT2D eigenvalue weighted by molar-refractivity contribution is 0.268. The summed E-state index contributed by atoms with van der Waals surface area (Å²) in [6.07, 6.45) is 0.702. The summed E-state index contributed by atoms with van der Waals surface area (Å²) < 4.78 is 28.0. The number of ether oxygens (including phenoxy) is 1. The first-order chi connectivity index (χ1) is 7.84. The number of aryl methyl sites for hydroxylation is 1. The molecule has 0 aliphatic rings. The van der Waals surface area contributed by atoms with Crippen molar-refractivity contribution in [1.29, 1.82) is 0 Å². The van der Waals surface area contributed by atoms with Crippen LogP contribution >= 0.6 is 10.7 Å². The van der Waals surface area contributed by atoms with Gasteiger partial charge in [0.25, 0.3) is 9.05 Å². The third-order valence-corrected chi connectivity index (χ3v) is 3.62. The van der Waals surface area contributed by atoms with Gasteiger partial charge in [-0.3, -0.25) is 0 Å². The summed E-state index contributed by atoms with van der Waals surface area (Å²) >= 11 is 0. The van der Waals surface area contributed by atoms with Gasteiger partial charge in [0.1, 0.15) is 5.75 Å². The Labute approximate surface area is 107 Å². The fourth-order valence-corrected chi connectivity index (χ4v) is 2.18. The first-order valence-electron chi connectivity index (χ1n) is 5.55. The molecule has 0 saturated heterocycles. The highest BCUT2D eigenvalue weighted by molar-refractivity contribution is 8.13. The lowest BCUT2D eigenvalue weighted by Gasteiger charge is -2.12. The molecule has 0 aliphatic heterocycles. The Morgan fingerprint density at radius 1 is 1.35 bits per heavy atom. The van der Waals surface area contributed by atoms with Gasteiger partial charge in [0.2, 0.25) is 0 Å². The Morgan fingerprint density at radius 3 is 2.47 bits per heavy atom. The minimum absolute atomic E-state index is 0.118. The van der Waals surface area contributed by atoms with Crippen LogP contribution in [-0.4, -0.2) is 15.0 Å². The van der Waals surface area contributed by atoms with Crippen molar-refractivity contribution in [3.63, 3.8) is 0 Å². The summed E-state index contributed by atoms with van der Waals surface area (Å²) in [7, 11) is 1.63. The molecule has 0 atom stereocenters. The first kappa shape index (κ1) is 14.3. The molecule has 0 amide bonds. The van der Waals surface area contributed by atoms with E-state index in [4.69, 9.17) is 15.4 Å². The first-order valence-corrected chi connectivity index (χ1v) is 7.86. The average molecular weight is 277 g/mol. The van der Waals surface area contributed by atoms with Crippen molar-refractivity contribution in [2.75, 3.05) is 6.61 Å². The molecule has 0 bridgehead atoms. The summed E-state index contributed by atoms with van der Waals surface area (Å²) in [5.74, 6) is 1.15. The van der Waals surface area contributed by atoms with Crippen molar-refractivity contribution < 1.29 is 13.2 Å². The minimum atomic E-state index is -3.67. The van der Waals surface area contributed by atoms with E-state index in [1.54, 1.807) is 12.1 Å². The van der Waals surface area contributed by atoms with Crippen LogP contribution in [0, 0.1) is 5.92 Å². The monoisotopic (exact) mass is 276 g/mol. The molecule has 1 aromatic rings. The molecular weight excluding hydrogens is 260 g/mol. The third kappa shape index (κ3) is 4.21. The molecule has 0 aliphatic carbocycles. The second-order valence-corrected chi connectivity index (χ2v) is 6.83. The molecule has 0 fully saturated rings. The predicted octanol–water partition coefficient (Wildman–Crippen LogP) is 3.21. The fourth-order valence-electron chi connectivity index (χ4n) is 1.38. The van der Waals surface area contributed by atoms with Crippen molar-refractivity contribution in [2.45, 2.75) is 32.1 Å². The van der Waals surface area contributed by atoms with Gasteiger partial charge in [-0.2, -0.15) is 0 Å². The Hall–Kier alpha value is -0.740. The smallest absolute Gasteiger partial charge is 0.261 e. The molecule has 1 aromatic carbocycles. The molecule has 3 nitrogen and oxygen atoms in total. The molecule has 0 radical (unpaired) electrons. The summed E-state index contributed by atoms with van der Waals surface area (Å²) in [5, 5.41) is 0. The van der Waals surface area contributed by atoms with Gasteiger partial charge >= 0.3 is 0 Å². The number of benzene rings is 1. The van der Waals surface area contributed by atoms with Crippen LogP contribution in [0.15, 0.2) is 23.1 Å². The van der Waals surface area contributed by atoms with E-state index in [1.807, 2.05) is 6.92 Å². The highest BCUT2D eigenvalue weighted by Gasteiger charge is 2.13. The van der Waals surface area contributed by atoms with Crippen molar-refractivity contribution in [2.24, 2.45) is 5.92 Å². The van der Waals surface area contributed by atoms with E-state index in [0.29, 0.717) is 18.9 Å². The van der Waals surface area contributed by atoms with Crippen LogP contribution < -0.4 is 4.74 Å². The van der Waals surface area contributed by atoms with Crippen LogP contribution in [0.3, 0.4) is 0 Å². The second kappa shape index (κ2) is 5.74. The lowest BCUT2D eigenvalue weighted by Crippen LogP contribution is -2.06. The Bertz CT molecular complexity index is 481. The Kier molecular flexibility index (Phi) is 4.83. The predicted molar refractivity (Wildman–Crippen MR) is 69.2 cm³/mol. The molecule has 17 heavy (non-hydrogen) atoms. The van der Waals surface area contributed by atoms with Gasteiger partial charge in [-0.05, 0) is 36.1 Å². The lowest BCUT2D eigenvalue weighted by atomic mass is 10.1. The second-order valence-electron chi connectivity index (χ2n) is 4.27. The summed E-state index contributed by atoms with van der Waals surface area (Å²) in [6.45, 7) is 6.68. The number of hydrogen-bond donors (Lipinski definition) is 0. The van der Waals surface area contributed by atoms with Crippen molar-refractivity contribution >= 4 is 19.7 Å². The van der Waals surface area contributed by atoms with Gasteiger partial charge in [0.05, 0.1) is 11.5 Å². The van der Waals surface area contributed by atoms with E-state index >= 15 is 0 Å². The number of rotatable bonds is 5. The van der Waals surface area contributed by atoms with Crippen LogP contribution in [0.5, 0.6) is 5.75 Å². The van der Waals surface area contributed by atoms with E-state index in [1.165, 1.54) is 6.07 Å². The van der Waals surface area contributed by atoms with Gasteiger partial charge in [0, 0.05) is 10.7 Å². The summed E-state index contributed by atoms with van der Waals surface area (Å²) in [5.41, 5.74) is 0.854. The highest BCUT2D eigenvalue weighted by atomic mass is 35.7. The summed E-state index contributed by atoms with van der Waals surface area (Å²) in [4.78, 5) is 0.118. The molecule has 0 N–H and O–H groups in total. The van der Waals surface area contributed by atoms with Crippen molar-refractivity contribution in [3.05, 3.63) is 23.8 Å². The molecule has 0 saturated carbocycles. The standard InChI is InChI=1S/C12H17ClO3S/c1-4-10-7-11(17(13,14)15)5-6-12(10)16-8-9(2)3/h5-7,9H,4,8H2,1-3H3. The average Bonchev–Trinajstić information content (AvgIpc) is 2.24. The molecule has 0 heterocycles. The number of halogens is 1. The molecule has 0 aromatic heterocycles. The van der Waals surface area contributed by atoms with Crippen LogP contribution in [-0.2, 0) is 15.5 Å². The maximum absolute atomic E-state index is 11.2. The maximum Gasteiger partial charge on any atom is 0.261 e. The Balaban J connectivity index is 3.02. The highest BCUT2D eigenvalue weighted by Crippen LogP contribution is 2.25. The quantitative estimate of drug-likeness (QED) is 0.776. The molecular formula is C12H17ClO3S. The van der Waals surface area contributed by atoms with Crippen molar-refractivity contribution in [3.8, 4) is 5.75 Å². The topological polar surface area (TPSA) is 43.4 Å². The van der Waals surface area contributed by atoms with E-state index < -0.39 is 9.05 Å². The maximum atomic E-state index is 11.2. The zero-order valence-electron chi connectivity index (χ0n) is 10.2. The minimum Gasteiger partial charge on any atom is -0.493 e. The van der Waals surface area contributed by atoms with E-state index in [9.17, 15) is 8.42 Å². The van der Waals surface area contributed by atoms with E-state index in [-0.39, 0.29) is 4.90 Å². The fraction of sp³-hybridized carbons (Fsp3) is 0.500.